The molecular weight excluding hydrogens is 454 g/mol. The highest BCUT2D eigenvalue weighted by Gasteiger charge is 2.25. The molecule has 0 atom stereocenters. The number of nitrogens with zero attached hydrogens (tertiary/aromatic N) is 2. The third-order valence-corrected chi connectivity index (χ3v) is 8.44. The van der Waals surface area contributed by atoms with Gasteiger partial charge in [0.2, 0.25) is 10.0 Å². The first kappa shape index (κ1) is 23.5. The quantitative estimate of drug-likeness (QED) is 0.470. The normalized spacial score (nSPS) is 15.0. The Balaban J connectivity index is 1.33. The molecule has 1 N–H and O–H groups in total. The van der Waals surface area contributed by atoms with Crippen LogP contribution in [0.1, 0.15) is 41.6 Å². The Morgan fingerprint density at radius 2 is 1.61 bits per heavy atom. The fourth-order valence-corrected chi connectivity index (χ4v) is 5.93. The molecular formula is C25H27N3O3S2. The van der Waals surface area contributed by atoms with Crippen LogP contribution in [0.5, 0.6) is 0 Å². The highest BCUT2D eigenvalue weighted by atomic mass is 32.2. The van der Waals surface area contributed by atoms with E-state index in [0.717, 1.165) is 42.0 Å². The van der Waals surface area contributed by atoms with E-state index in [1.54, 1.807) is 28.6 Å². The first-order valence-electron chi connectivity index (χ1n) is 11.1. The average molecular weight is 482 g/mol. The number of nitrogens with one attached hydrogen (secondary N) is 1. The van der Waals surface area contributed by atoms with Crippen molar-refractivity contribution in [1.82, 2.24) is 9.29 Å². The minimum Gasteiger partial charge on any atom is -0.322 e. The number of thioether (sulfide) groups is 1. The van der Waals surface area contributed by atoms with E-state index >= 15 is 0 Å². The second-order valence-electron chi connectivity index (χ2n) is 7.96. The van der Waals surface area contributed by atoms with Crippen molar-refractivity contribution in [2.75, 3.05) is 18.4 Å². The predicted octanol–water partition coefficient (Wildman–Crippen LogP) is 5.19. The lowest BCUT2D eigenvalue weighted by Gasteiger charge is -2.19. The number of carbonyl (C=O) groups excluding carboxylic acids is 1. The molecule has 0 radical (unpaired) electrons. The minimum absolute atomic E-state index is 0.150. The van der Waals surface area contributed by atoms with E-state index in [1.165, 1.54) is 18.0 Å². The highest BCUT2D eigenvalue weighted by Crippen LogP contribution is 2.24. The zero-order valence-electron chi connectivity index (χ0n) is 18.3. The van der Waals surface area contributed by atoms with Gasteiger partial charge in [-0.3, -0.25) is 4.79 Å². The van der Waals surface area contributed by atoms with Crippen LogP contribution in [0.4, 0.5) is 5.69 Å². The number of aromatic nitrogens is 1. The van der Waals surface area contributed by atoms with Crippen molar-refractivity contribution in [1.29, 1.82) is 0 Å². The van der Waals surface area contributed by atoms with Crippen LogP contribution in [0.2, 0.25) is 0 Å². The average Bonchev–Trinajstić information content (AvgIpc) is 3.14. The van der Waals surface area contributed by atoms with Crippen LogP contribution >= 0.6 is 11.8 Å². The maximum absolute atomic E-state index is 12.9. The summed E-state index contributed by atoms with van der Waals surface area (Å²) in [5, 5.41) is 3.63. The number of para-hydroxylation sites is 1. The predicted molar refractivity (Wildman–Crippen MR) is 132 cm³/mol. The molecule has 1 aliphatic rings. The van der Waals surface area contributed by atoms with Gasteiger partial charge in [-0.15, -0.1) is 11.8 Å². The van der Waals surface area contributed by atoms with Crippen molar-refractivity contribution in [2.24, 2.45) is 0 Å². The van der Waals surface area contributed by atoms with Crippen molar-refractivity contribution in [3.63, 3.8) is 0 Å². The number of rotatable bonds is 7. The third kappa shape index (κ3) is 6.22. The minimum atomic E-state index is -3.48. The van der Waals surface area contributed by atoms with Crippen LogP contribution in [-0.4, -0.2) is 36.7 Å². The van der Waals surface area contributed by atoms with Gasteiger partial charge in [-0.25, -0.2) is 13.4 Å². The Morgan fingerprint density at radius 1 is 0.909 bits per heavy atom. The molecule has 3 aromatic rings. The summed E-state index contributed by atoms with van der Waals surface area (Å²) in [4.78, 5) is 17.0. The van der Waals surface area contributed by atoms with Crippen LogP contribution in [0.15, 0.2) is 82.8 Å². The second kappa shape index (κ2) is 11.0. The van der Waals surface area contributed by atoms with E-state index in [1.807, 2.05) is 42.5 Å². The molecule has 0 saturated carbocycles. The van der Waals surface area contributed by atoms with Crippen molar-refractivity contribution < 1.29 is 13.2 Å². The molecule has 6 nitrogen and oxygen atoms in total. The Kier molecular flexibility index (Phi) is 7.80. The van der Waals surface area contributed by atoms with Crippen molar-refractivity contribution >= 4 is 33.4 Å². The van der Waals surface area contributed by atoms with Gasteiger partial charge in [0.1, 0.15) is 4.90 Å². The zero-order chi connectivity index (χ0) is 23.1. The SMILES string of the molecule is O=C(Nc1ccccc1)c1ccc(CSc2ccc(S(=O)(=O)N3CCCCCC3)cn2)cc1. The Labute approximate surface area is 199 Å². The summed E-state index contributed by atoms with van der Waals surface area (Å²) >= 11 is 1.53. The van der Waals surface area contributed by atoms with E-state index in [0.29, 0.717) is 24.4 Å². The van der Waals surface area contributed by atoms with Gasteiger partial charge in [0, 0.05) is 36.3 Å². The summed E-state index contributed by atoms with van der Waals surface area (Å²) in [6.45, 7) is 1.16. The summed E-state index contributed by atoms with van der Waals surface area (Å²) in [6.07, 6.45) is 5.44. The van der Waals surface area contributed by atoms with E-state index in [-0.39, 0.29) is 10.8 Å². The molecule has 172 valence electrons. The largest absolute Gasteiger partial charge is 0.322 e. The van der Waals surface area contributed by atoms with Gasteiger partial charge in [0.15, 0.2) is 0 Å². The summed E-state index contributed by atoms with van der Waals surface area (Å²) in [7, 11) is -3.48. The Morgan fingerprint density at radius 3 is 2.24 bits per heavy atom. The molecule has 0 aliphatic carbocycles. The lowest BCUT2D eigenvalue weighted by atomic mass is 10.1. The molecule has 33 heavy (non-hydrogen) atoms. The third-order valence-electron chi connectivity index (χ3n) is 5.55. The van der Waals surface area contributed by atoms with Crippen LogP contribution < -0.4 is 5.32 Å². The van der Waals surface area contributed by atoms with Gasteiger partial charge in [-0.05, 0) is 54.8 Å². The lowest BCUT2D eigenvalue weighted by Crippen LogP contribution is -2.32. The molecule has 1 fully saturated rings. The van der Waals surface area contributed by atoms with Gasteiger partial charge >= 0.3 is 0 Å². The van der Waals surface area contributed by atoms with Crippen LogP contribution in [-0.2, 0) is 15.8 Å². The number of carbonyl (C=O) groups is 1. The second-order valence-corrected chi connectivity index (χ2v) is 10.9. The first-order valence-corrected chi connectivity index (χ1v) is 13.5. The van der Waals surface area contributed by atoms with Crippen molar-refractivity contribution in [2.45, 2.75) is 41.4 Å². The molecule has 1 aliphatic heterocycles. The molecule has 0 bridgehead atoms. The molecule has 0 unspecified atom stereocenters. The summed E-state index contributed by atoms with van der Waals surface area (Å²) in [5.41, 5.74) is 2.41. The molecule has 8 heteroatoms. The number of hydrogen-bond acceptors (Lipinski definition) is 5. The van der Waals surface area contributed by atoms with Crippen LogP contribution in [0.3, 0.4) is 0 Å². The van der Waals surface area contributed by atoms with Crippen molar-refractivity contribution in [3.05, 3.63) is 84.1 Å². The fraction of sp³-hybridized carbons (Fsp3) is 0.280. The number of hydrogen-bond donors (Lipinski definition) is 1. The van der Waals surface area contributed by atoms with E-state index in [9.17, 15) is 13.2 Å². The Bertz CT molecular complexity index is 1160. The number of benzene rings is 2. The summed E-state index contributed by atoms with van der Waals surface area (Å²) < 4.78 is 27.3. The fourth-order valence-electron chi connectivity index (χ4n) is 3.67. The molecule has 2 heterocycles. The van der Waals surface area contributed by atoms with Crippen LogP contribution in [0.25, 0.3) is 0 Å². The topological polar surface area (TPSA) is 79.4 Å². The molecule has 2 aromatic carbocycles. The monoisotopic (exact) mass is 481 g/mol. The number of anilines is 1. The lowest BCUT2D eigenvalue weighted by molar-refractivity contribution is 0.102. The first-order chi connectivity index (χ1) is 16.0. The number of pyridine rings is 1. The molecule has 1 amide bonds. The number of sulfonamides is 1. The molecule has 1 aromatic heterocycles. The molecule has 0 spiro atoms. The van der Waals surface area contributed by atoms with E-state index in [4.69, 9.17) is 0 Å². The summed E-state index contributed by atoms with van der Waals surface area (Å²) in [6, 6.07) is 20.2. The Hall–Kier alpha value is -2.68. The van der Waals surface area contributed by atoms with Gasteiger partial charge in [0.25, 0.3) is 5.91 Å². The van der Waals surface area contributed by atoms with Crippen LogP contribution in [0, 0.1) is 0 Å². The smallest absolute Gasteiger partial charge is 0.255 e. The van der Waals surface area contributed by atoms with Gasteiger partial charge in [0.05, 0.1) is 5.03 Å². The van der Waals surface area contributed by atoms with E-state index in [2.05, 4.69) is 10.3 Å². The van der Waals surface area contributed by atoms with Gasteiger partial charge in [-0.2, -0.15) is 4.31 Å². The molecule has 4 rings (SSSR count). The maximum atomic E-state index is 12.9. The standard InChI is InChI=1S/C25H27N3O3S2/c29-25(27-22-8-4-3-5-9-22)21-12-10-20(11-13-21)19-32-24-15-14-23(18-26-24)33(30,31)28-16-6-1-2-7-17-28/h3-5,8-15,18H,1-2,6-7,16-17,19H2,(H,27,29). The molecule has 1 saturated heterocycles. The number of amides is 1. The van der Waals surface area contributed by atoms with Gasteiger partial charge in [-0.1, -0.05) is 43.2 Å². The van der Waals surface area contributed by atoms with Crippen molar-refractivity contribution in [3.8, 4) is 0 Å². The maximum Gasteiger partial charge on any atom is 0.255 e. The zero-order valence-corrected chi connectivity index (χ0v) is 19.9. The summed E-state index contributed by atoms with van der Waals surface area (Å²) in [5.74, 6) is 0.523. The van der Waals surface area contributed by atoms with E-state index < -0.39 is 10.0 Å². The van der Waals surface area contributed by atoms with Gasteiger partial charge < -0.3 is 5.32 Å². The highest BCUT2D eigenvalue weighted by molar-refractivity contribution is 7.98.